The molecular weight excluding hydrogens is 412 g/mol. The van der Waals surface area contributed by atoms with E-state index in [1.165, 1.54) is 0 Å². The summed E-state index contributed by atoms with van der Waals surface area (Å²) in [6.45, 7) is 4.59. The van der Waals surface area contributed by atoms with E-state index >= 15 is 0 Å². The van der Waals surface area contributed by atoms with Crippen LogP contribution in [0.5, 0.6) is 0 Å². The predicted molar refractivity (Wildman–Crippen MR) is 107 cm³/mol. The van der Waals surface area contributed by atoms with Crippen LogP contribution in [-0.2, 0) is 23.8 Å². The number of aliphatic hydroxyl groups excluding tert-OH is 4. The quantitative estimate of drug-likeness (QED) is 0.225. The summed E-state index contributed by atoms with van der Waals surface area (Å²) in [5.74, 6) is -2.57. The maximum absolute atomic E-state index is 11.5. The number of carboxylic acids is 1. The largest absolute Gasteiger partial charge is 0.481 e. The average molecular weight is 446 g/mol. The summed E-state index contributed by atoms with van der Waals surface area (Å²) in [5.41, 5.74) is 0.960. The smallest absolute Gasteiger partial charge is 0.309 e. The van der Waals surface area contributed by atoms with Crippen LogP contribution in [0, 0.1) is 17.8 Å². The molecule has 2 saturated heterocycles. The van der Waals surface area contributed by atoms with Gasteiger partial charge in [0.15, 0.2) is 6.29 Å². The molecule has 0 aliphatic carbocycles. The predicted octanol–water partition coefficient (Wildman–Crippen LogP) is -0.182. The lowest BCUT2D eigenvalue weighted by atomic mass is 9.90. The van der Waals surface area contributed by atoms with Crippen LogP contribution in [0.4, 0.5) is 0 Å². The molecule has 2 aliphatic heterocycles. The maximum Gasteiger partial charge on any atom is 0.309 e. The Hall–Kier alpha value is -1.56. The van der Waals surface area contributed by atoms with Gasteiger partial charge in [0.2, 0.25) is 0 Å². The summed E-state index contributed by atoms with van der Waals surface area (Å²) >= 11 is 0. The lowest BCUT2D eigenvalue weighted by molar-refractivity contribution is -0.303. The molecule has 0 spiro atoms. The molecule has 0 bridgehead atoms. The van der Waals surface area contributed by atoms with Crippen LogP contribution >= 0.6 is 0 Å². The Balaban J connectivity index is 1.97. The van der Waals surface area contributed by atoms with Crippen molar-refractivity contribution in [1.29, 1.82) is 0 Å². The number of esters is 1. The van der Waals surface area contributed by atoms with Gasteiger partial charge in [-0.1, -0.05) is 25.5 Å². The van der Waals surface area contributed by atoms with Crippen molar-refractivity contribution in [3.63, 3.8) is 0 Å². The van der Waals surface area contributed by atoms with Gasteiger partial charge in [0.05, 0.1) is 25.0 Å². The monoisotopic (exact) mass is 446 g/mol. The van der Waals surface area contributed by atoms with Gasteiger partial charge < -0.3 is 39.7 Å². The van der Waals surface area contributed by atoms with Crippen molar-refractivity contribution in [3.05, 3.63) is 11.6 Å². The van der Waals surface area contributed by atoms with Crippen molar-refractivity contribution >= 4 is 11.9 Å². The lowest BCUT2D eigenvalue weighted by Gasteiger charge is -2.40. The fourth-order valence-corrected chi connectivity index (χ4v) is 3.78. The van der Waals surface area contributed by atoms with Crippen LogP contribution in [0.25, 0.3) is 0 Å². The Kier molecular flexibility index (Phi) is 9.41. The zero-order valence-electron chi connectivity index (χ0n) is 18.1. The second-order valence-corrected chi connectivity index (χ2v) is 8.60. The van der Waals surface area contributed by atoms with Crippen molar-refractivity contribution in [2.24, 2.45) is 17.8 Å². The molecule has 0 unspecified atom stereocenters. The molecule has 2 fully saturated rings. The summed E-state index contributed by atoms with van der Waals surface area (Å²) < 4.78 is 16.2. The van der Waals surface area contributed by atoms with Gasteiger partial charge in [-0.15, -0.1) is 0 Å². The van der Waals surface area contributed by atoms with E-state index in [0.29, 0.717) is 19.3 Å². The highest BCUT2D eigenvalue weighted by Crippen LogP contribution is 2.27. The van der Waals surface area contributed by atoms with E-state index in [1.54, 1.807) is 6.92 Å². The van der Waals surface area contributed by atoms with Gasteiger partial charge in [0.1, 0.15) is 30.5 Å². The van der Waals surface area contributed by atoms with Crippen LogP contribution in [0.3, 0.4) is 0 Å². The molecule has 2 heterocycles. The van der Waals surface area contributed by atoms with E-state index < -0.39 is 55.1 Å². The van der Waals surface area contributed by atoms with Gasteiger partial charge in [-0.25, -0.2) is 0 Å². The first-order valence-corrected chi connectivity index (χ1v) is 10.6. The maximum atomic E-state index is 11.5. The third-order valence-electron chi connectivity index (χ3n) is 6.04. The SMILES string of the molecule is C/C(=C/C[C@@H](CO[C@H]1O[C@@H](CO)[C@@H](O)[C@@H](O)[C@H]1O)[C@@H](C)C(=O)O)C[C@H]1C[C@@H](C)C(=O)O1. The first-order chi connectivity index (χ1) is 14.5. The Labute approximate surface area is 181 Å². The molecule has 0 aromatic carbocycles. The van der Waals surface area contributed by atoms with Crippen LogP contribution in [0.2, 0.25) is 0 Å². The summed E-state index contributed by atoms with van der Waals surface area (Å²) in [6.07, 6.45) is -3.73. The first-order valence-electron chi connectivity index (χ1n) is 10.6. The van der Waals surface area contributed by atoms with E-state index in [2.05, 4.69) is 0 Å². The Morgan fingerprint density at radius 3 is 2.48 bits per heavy atom. The Morgan fingerprint density at radius 1 is 1.26 bits per heavy atom. The highest BCUT2D eigenvalue weighted by atomic mass is 16.7. The van der Waals surface area contributed by atoms with Gasteiger partial charge in [0, 0.05) is 6.42 Å². The Morgan fingerprint density at radius 2 is 1.94 bits per heavy atom. The standard InChI is InChI=1S/C21H34O10/c1-10(6-14-7-11(2)20(28)30-14)4-5-13(12(3)19(26)27)9-29-21-18(25)17(24)16(23)15(8-22)31-21/h4,11-18,21-25H,5-9H2,1-3H3,(H,26,27)/b10-4-/t11-,12-,13+,14+,15+,16-,17-,18-,21+/m1/s1. The topological polar surface area (TPSA) is 163 Å². The zero-order chi connectivity index (χ0) is 23.3. The summed E-state index contributed by atoms with van der Waals surface area (Å²) in [4.78, 5) is 23.1. The van der Waals surface area contributed by atoms with Crippen LogP contribution in [-0.4, -0.2) is 87.5 Å². The average Bonchev–Trinajstić information content (AvgIpc) is 3.03. The zero-order valence-corrected chi connectivity index (χ0v) is 18.1. The molecular formula is C21H34O10. The van der Waals surface area contributed by atoms with Crippen molar-refractivity contribution < 1.29 is 49.3 Å². The number of carbonyl (C=O) groups is 2. The summed E-state index contributed by atoms with van der Waals surface area (Å²) in [6, 6.07) is 0. The van der Waals surface area contributed by atoms with Crippen molar-refractivity contribution in [2.45, 2.75) is 76.8 Å². The molecule has 0 aromatic rings. The molecule has 2 rings (SSSR count). The van der Waals surface area contributed by atoms with E-state index in [-0.39, 0.29) is 24.6 Å². The van der Waals surface area contributed by atoms with Crippen molar-refractivity contribution in [3.8, 4) is 0 Å². The third-order valence-corrected chi connectivity index (χ3v) is 6.04. The van der Waals surface area contributed by atoms with Crippen molar-refractivity contribution in [2.75, 3.05) is 13.2 Å². The van der Waals surface area contributed by atoms with Crippen LogP contribution in [0.1, 0.15) is 40.0 Å². The molecule has 9 atom stereocenters. The summed E-state index contributed by atoms with van der Waals surface area (Å²) in [7, 11) is 0. The van der Waals surface area contributed by atoms with Gasteiger partial charge in [-0.2, -0.15) is 0 Å². The van der Waals surface area contributed by atoms with Gasteiger partial charge >= 0.3 is 11.9 Å². The van der Waals surface area contributed by atoms with E-state index in [1.807, 2.05) is 19.9 Å². The number of rotatable bonds is 10. The number of carboxylic acid groups (broad SMARTS) is 1. The number of allylic oxidation sites excluding steroid dienone is 1. The number of hydrogen-bond donors (Lipinski definition) is 5. The molecule has 178 valence electrons. The van der Waals surface area contributed by atoms with Gasteiger partial charge in [-0.05, 0) is 25.7 Å². The van der Waals surface area contributed by atoms with Crippen LogP contribution in [0.15, 0.2) is 11.6 Å². The second-order valence-electron chi connectivity index (χ2n) is 8.60. The second kappa shape index (κ2) is 11.3. The van der Waals surface area contributed by atoms with E-state index in [4.69, 9.17) is 14.2 Å². The highest BCUT2D eigenvalue weighted by Gasteiger charge is 2.44. The number of hydrogen-bond acceptors (Lipinski definition) is 9. The number of aliphatic carboxylic acids is 1. The molecule has 0 amide bonds. The fourth-order valence-electron chi connectivity index (χ4n) is 3.78. The minimum Gasteiger partial charge on any atom is -0.481 e. The van der Waals surface area contributed by atoms with Crippen molar-refractivity contribution in [1.82, 2.24) is 0 Å². The number of carbonyl (C=O) groups excluding carboxylic acids is 1. The number of ether oxygens (including phenoxy) is 3. The lowest BCUT2D eigenvalue weighted by Crippen LogP contribution is -2.59. The highest BCUT2D eigenvalue weighted by molar-refractivity contribution is 5.74. The molecule has 2 aliphatic rings. The third kappa shape index (κ3) is 6.71. The molecule has 0 saturated carbocycles. The minimum absolute atomic E-state index is 0.0879. The number of aliphatic hydroxyl groups is 4. The minimum atomic E-state index is -1.56. The van der Waals surface area contributed by atoms with Gasteiger partial charge in [0.25, 0.3) is 0 Å². The van der Waals surface area contributed by atoms with Gasteiger partial charge in [-0.3, -0.25) is 9.59 Å². The van der Waals surface area contributed by atoms with E-state index in [0.717, 1.165) is 5.57 Å². The number of cyclic esters (lactones) is 1. The normalized spacial score (nSPS) is 36.2. The first kappa shape index (κ1) is 25.7. The molecule has 10 nitrogen and oxygen atoms in total. The fraction of sp³-hybridized carbons (Fsp3) is 0.810. The Bertz CT molecular complexity index is 648. The molecule has 5 N–H and O–H groups in total. The molecule has 0 radical (unpaired) electrons. The summed E-state index contributed by atoms with van der Waals surface area (Å²) in [5, 5.41) is 48.5. The molecule has 31 heavy (non-hydrogen) atoms. The molecule has 0 aromatic heterocycles. The molecule has 10 heteroatoms. The van der Waals surface area contributed by atoms with Crippen LogP contribution < -0.4 is 0 Å². The van der Waals surface area contributed by atoms with E-state index in [9.17, 15) is 35.1 Å².